The van der Waals surface area contributed by atoms with Gasteiger partial charge in [0.25, 0.3) is 0 Å². The van der Waals surface area contributed by atoms with E-state index in [1.165, 1.54) is 0 Å². The van der Waals surface area contributed by atoms with E-state index in [4.69, 9.17) is 14.7 Å². The quantitative estimate of drug-likeness (QED) is 0.789. The first kappa shape index (κ1) is 14.6. The van der Waals surface area contributed by atoms with Crippen LogP contribution >= 0.6 is 0 Å². The van der Waals surface area contributed by atoms with E-state index >= 15 is 0 Å². The first-order chi connectivity index (χ1) is 10.3. The fraction of sp³-hybridized carbons (Fsp3) is 0.176. The third-order valence-electron chi connectivity index (χ3n) is 2.86. The summed E-state index contributed by atoms with van der Waals surface area (Å²) >= 11 is 0. The van der Waals surface area contributed by atoms with Crippen molar-refractivity contribution < 1.29 is 14.3 Å². The van der Waals surface area contributed by atoms with Crippen molar-refractivity contribution in [3.8, 4) is 11.8 Å². The van der Waals surface area contributed by atoms with Crippen molar-refractivity contribution in [2.45, 2.75) is 13.0 Å². The molecule has 0 saturated heterocycles. The van der Waals surface area contributed by atoms with Gasteiger partial charge in [0.05, 0.1) is 12.2 Å². The van der Waals surface area contributed by atoms with E-state index in [1.54, 1.807) is 43.3 Å². The second-order valence-corrected chi connectivity index (χ2v) is 4.27. The molecule has 0 spiro atoms. The lowest BCUT2D eigenvalue weighted by Crippen LogP contribution is -2.21. The van der Waals surface area contributed by atoms with Crippen molar-refractivity contribution in [3.63, 3.8) is 0 Å². The Balaban J connectivity index is 2.33. The Morgan fingerprint density at radius 3 is 2.48 bits per heavy atom. The maximum atomic E-state index is 12.1. The number of carbonyl (C=O) groups excluding carboxylic acids is 1. The second kappa shape index (κ2) is 7.11. The molecule has 0 saturated carbocycles. The first-order valence-electron chi connectivity index (χ1n) is 6.63. The predicted octanol–water partition coefficient (Wildman–Crippen LogP) is 3.24. The second-order valence-electron chi connectivity index (χ2n) is 4.27. The third kappa shape index (κ3) is 3.61. The Morgan fingerprint density at radius 2 is 1.81 bits per heavy atom. The van der Waals surface area contributed by atoms with Crippen LogP contribution in [0.2, 0.25) is 0 Å². The molecule has 2 aromatic rings. The molecular formula is C17H15NO3. The largest absolute Gasteiger partial charge is 0.473 e. The summed E-state index contributed by atoms with van der Waals surface area (Å²) in [6, 6.07) is 17.9. The van der Waals surface area contributed by atoms with Crippen molar-refractivity contribution in [1.29, 1.82) is 5.26 Å². The molecule has 21 heavy (non-hydrogen) atoms. The zero-order valence-corrected chi connectivity index (χ0v) is 11.7. The number of esters is 1. The lowest BCUT2D eigenvalue weighted by Gasteiger charge is -2.18. The lowest BCUT2D eigenvalue weighted by molar-refractivity contribution is -0.151. The predicted molar refractivity (Wildman–Crippen MR) is 77.6 cm³/mol. The molecule has 0 aliphatic heterocycles. The van der Waals surface area contributed by atoms with Crippen LogP contribution in [-0.4, -0.2) is 12.6 Å². The minimum absolute atomic E-state index is 0.269. The van der Waals surface area contributed by atoms with Gasteiger partial charge in [-0.15, -0.1) is 0 Å². The van der Waals surface area contributed by atoms with Crippen LogP contribution in [0.3, 0.4) is 0 Å². The number of hydrogen-bond acceptors (Lipinski definition) is 4. The summed E-state index contributed by atoms with van der Waals surface area (Å²) in [5.41, 5.74) is 1.06. The number of nitrogens with zero attached hydrogens (tertiary/aromatic N) is 1. The van der Waals surface area contributed by atoms with Gasteiger partial charge in [-0.2, -0.15) is 5.26 Å². The number of para-hydroxylation sites is 1. The van der Waals surface area contributed by atoms with E-state index < -0.39 is 12.1 Å². The van der Waals surface area contributed by atoms with Gasteiger partial charge < -0.3 is 9.47 Å². The van der Waals surface area contributed by atoms with E-state index in [-0.39, 0.29) is 6.61 Å². The highest BCUT2D eigenvalue weighted by Crippen LogP contribution is 2.26. The highest BCUT2D eigenvalue weighted by molar-refractivity contribution is 5.77. The molecule has 106 valence electrons. The molecule has 0 N–H and O–H groups in total. The van der Waals surface area contributed by atoms with Gasteiger partial charge in [-0.25, -0.2) is 4.79 Å². The van der Waals surface area contributed by atoms with Crippen molar-refractivity contribution in [1.82, 2.24) is 0 Å². The molecule has 0 aliphatic carbocycles. The molecule has 0 amide bonds. The van der Waals surface area contributed by atoms with Gasteiger partial charge in [0.1, 0.15) is 11.8 Å². The van der Waals surface area contributed by atoms with Gasteiger partial charge in [-0.3, -0.25) is 0 Å². The van der Waals surface area contributed by atoms with E-state index in [0.29, 0.717) is 16.9 Å². The molecule has 0 fully saturated rings. The zero-order chi connectivity index (χ0) is 15.1. The number of carbonyl (C=O) groups is 1. The van der Waals surface area contributed by atoms with Crippen LogP contribution in [0.25, 0.3) is 0 Å². The summed E-state index contributed by atoms with van der Waals surface area (Å²) in [6.07, 6.45) is -0.888. The molecule has 0 aliphatic rings. The van der Waals surface area contributed by atoms with E-state index in [0.717, 1.165) is 0 Å². The van der Waals surface area contributed by atoms with Crippen molar-refractivity contribution in [3.05, 3.63) is 65.7 Å². The highest BCUT2D eigenvalue weighted by atomic mass is 16.6. The molecular weight excluding hydrogens is 266 g/mol. The van der Waals surface area contributed by atoms with Crippen molar-refractivity contribution in [2.24, 2.45) is 0 Å². The van der Waals surface area contributed by atoms with Crippen LogP contribution in [0.5, 0.6) is 5.75 Å². The number of hydrogen-bond donors (Lipinski definition) is 0. The Labute approximate surface area is 123 Å². The van der Waals surface area contributed by atoms with Gasteiger partial charge in [0.15, 0.2) is 0 Å². The first-order valence-corrected chi connectivity index (χ1v) is 6.63. The van der Waals surface area contributed by atoms with Gasteiger partial charge >= 0.3 is 5.97 Å². The van der Waals surface area contributed by atoms with Crippen LogP contribution in [0.1, 0.15) is 24.2 Å². The average Bonchev–Trinajstić information content (AvgIpc) is 2.54. The fourth-order valence-electron chi connectivity index (χ4n) is 1.89. The Hall–Kier alpha value is -2.80. The van der Waals surface area contributed by atoms with Crippen LogP contribution in [0.15, 0.2) is 54.6 Å². The lowest BCUT2D eigenvalue weighted by atomic mass is 10.1. The summed E-state index contributed by atoms with van der Waals surface area (Å²) in [6.45, 7) is 2.01. The van der Waals surface area contributed by atoms with Crippen LogP contribution < -0.4 is 4.74 Å². The number of rotatable bonds is 5. The SMILES string of the molecule is CCOC(=O)[C@H](Oc1ccccc1C#N)c1ccccc1. The summed E-state index contributed by atoms with van der Waals surface area (Å²) in [7, 11) is 0. The Bertz CT molecular complexity index is 647. The Morgan fingerprint density at radius 1 is 1.14 bits per heavy atom. The number of benzene rings is 2. The smallest absolute Gasteiger partial charge is 0.352 e. The number of ether oxygens (including phenoxy) is 2. The van der Waals surface area contributed by atoms with E-state index in [1.807, 2.05) is 24.3 Å². The van der Waals surface area contributed by atoms with E-state index in [2.05, 4.69) is 0 Å². The molecule has 0 aromatic heterocycles. The minimum Gasteiger partial charge on any atom is -0.473 e. The molecule has 0 radical (unpaired) electrons. The monoisotopic (exact) mass is 281 g/mol. The molecule has 2 aromatic carbocycles. The molecule has 0 heterocycles. The molecule has 0 unspecified atom stereocenters. The maximum absolute atomic E-state index is 12.1. The molecule has 2 rings (SSSR count). The third-order valence-corrected chi connectivity index (χ3v) is 2.86. The number of nitriles is 1. The maximum Gasteiger partial charge on any atom is 0.352 e. The normalized spacial score (nSPS) is 11.2. The van der Waals surface area contributed by atoms with Crippen LogP contribution in [0, 0.1) is 11.3 Å². The molecule has 0 bridgehead atoms. The van der Waals surface area contributed by atoms with Crippen LogP contribution in [-0.2, 0) is 9.53 Å². The summed E-state index contributed by atoms with van der Waals surface area (Å²) in [5, 5.41) is 9.10. The van der Waals surface area contributed by atoms with Gasteiger partial charge in [-0.1, -0.05) is 42.5 Å². The molecule has 4 heteroatoms. The fourth-order valence-corrected chi connectivity index (χ4v) is 1.89. The highest BCUT2D eigenvalue weighted by Gasteiger charge is 2.24. The van der Waals surface area contributed by atoms with Gasteiger partial charge in [0.2, 0.25) is 6.10 Å². The molecule has 1 atom stereocenters. The summed E-state index contributed by atoms with van der Waals surface area (Å²) in [5.74, 6) is -0.113. The van der Waals surface area contributed by atoms with Crippen LogP contribution in [0.4, 0.5) is 0 Å². The van der Waals surface area contributed by atoms with E-state index in [9.17, 15) is 4.79 Å². The molecule has 4 nitrogen and oxygen atoms in total. The average molecular weight is 281 g/mol. The zero-order valence-electron chi connectivity index (χ0n) is 11.7. The van der Waals surface area contributed by atoms with Crippen molar-refractivity contribution >= 4 is 5.97 Å². The van der Waals surface area contributed by atoms with Gasteiger partial charge in [-0.05, 0) is 19.1 Å². The Kier molecular flexibility index (Phi) is 4.94. The van der Waals surface area contributed by atoms with Gasteiger partial charge in [0, 0.05) is 5.56 Å². The topological polar surface area (TPSA) is 59.3 Å². The standard InChI is InChI=1S/C17H15NO3/c1-2-20-17(19)16(13-8-4-3-5-9-13)21-15-11-7-6-10-14(15)12-18/h3-11,16H,2H2,1H3/t16-/m1/s1. The summed E-state index contributed by atoms with van der Waals surface area (Å²) < 4.78 is 10.8. The van der Waals surface area contributed by atoms with Crippen molar-refractivity contribution in [2.75, 3.05) is 6.61 Å². The summed E-state index contributed by atoms with van der Waals surface area (Å²) in [4.78, 5) is 12.1. The minimum atomic E-state index is -0.888.